The predicted molar refractivity (Wildman–Crippen MR) is 121 cm³/mol. The average molecular weight is 443 g/mol. The minimum absolute atomic E-state index is 0.209. The summed E-state index contributed by atoms with van der Waals surface area (Å²) in [5.41, 5.74) is 3.37. The topological polar surface area (TPSA) is 108 Å². The number of pyridine rings is 1. The Kier molecular flexibility index (Phi) is 5.31. The van der Waals surface area contributed by atoms with Crippen molar-refractivity contribution in [3.05, 3.63) is 72.2 Å². The maximum Gasteiger partial charge on any atom is 0.270 e. The highest BCUT2D eigenvalue weighted by atomic mass is 16.5. The number of nitrogens with zero attached hydrogens (tertiary/aromatic N) is 6. The molecule has 0 atom stereocenters. The zero-order valence-electron chi connectivity index (χ0n) is 18.1. The van der Waals surface area contributed by atoms with Gasteiger partial charge in [0.25, 0.3) is 5.91 Å². The molecule has 5 aromatic rings. The molecule has 0 aliphatic carbocycles. The Morgan fingerprint density at radius 2 is 1.88 bits per heavy atom. The lowest BCUT2D eigenvalue weighted by molar-refractivity contribution is 0.0940. The Balaban J connectivity index is 1.25. The van der Waals surface area contributed by atoms with Crippen molar-refractivity contribution in [2.45, 2.75) is 6.92 Å². The summed E-state index contributed by atoms with van der Waals surface area (Å²) in [6.45, 7) is 2.38. The van der Waals surface area contributed by atoms with Crippen LogP contribution in [0.5, 0.6) is 11.6 Å². The van der Waals surface area contributed by atoms with Crippen molar-refractivity contribution in [3.8, 4) is 23.0 Å². The summed E-state index contributed by atoms with van der Waals surface area (Å²) in [7, 11) is 1.62. The van der Waals surface area contributed by atoms with Gasteiger partial charge in [-0.3, -0.25) is 9.20 Å². The summed E-state index contributed by atoms with van der Waals surface area (Å²) < 4.78 is 14.3. The second kappa shape index (κ2) is 8.58. The minimum atomic E-state index is -0.209. The number of methoxy groups -OCH3 is 1. The summed E-state index contributed by atoms with van der Waals surface area (Å²) in [6, 6.07) is 16.6. The number of amides is 1. The van der Waals surface area contributed by atoms with Gasteiger partial charge in [-0.2, -0.15) is 4.52 Å². The maximum atomic E-state index is 12.7. The van der Waals surface area contributed by atoms with Crippen LogP contribution in [0.2, 0.25) is 0 Å². The van der Waals surface area contributed by atoms with Crippen LogP contribution < -0.4 is 14.8 Å². The molecular weight excluding hydrogens is 422 g/mol. The highest BCUT2D eigenvalue weighted by Crippen LogP contribution is 2.21. The van der Waals surface area contributed by atoms with Crippen molar-refractivity contribution in [1.82, 2.24) is 34.5 Å². The first-order valence-electron chi connectivity index (χ1n) is 10.4. The van der Waals surface area contributed by atoms with Crippen LogP contribution in [0.3, 0.4) is 0 Å². The Hall–Kier alpha value is -4.47. The molecule has 166 valence electrons. The van der Waals surface area contributed by atoms with E-state index in [1.54, 1.807) is 28.2 Å². The summed E-state index contributed by atoms with van der Waals surface area (Å²) >= 11 is 0. The van der Waals surface area contributed by atoms with Crippen molar-refractivity contribution in [3.63, 3.8) is 0 Å². The van der Waals surface area contributed by atoms with Gasteiger partial charge < -0.3 is 14.8 Å². The van der Waals surface area contributed by atoms with Crippen LogP contribution in [0.4, 0.5) is 0 Å². The van der Waals surface area contributed by atoms with Crippen LogP contribution in [-0.4, -0.2) is 55.4 Å². The van der Waals surface area contributed by atoms with Crippen molar-refractivity contribution >= 4 is 17.2 Å². The van der Waals surface area contributed by atoms with E-state index in [9.17, 15) is 4.79 Å². The largest absolute Gasteiger partial charge is 0.497 e. The molecule has 1 aromatic carbocycles. The summed E-state index contributed by atoms with van der Waals surface area (Å²) in [5.74, 6) is 1.54. The Labute approximate surface area is 188 Å². The van der Waals surface area contributed by atoms with Crippen LogP contribution in [0.1, 0.15) is 16.2 Å². The van der Waals surface area contributed by atoms with Gasteiger partial charge in [0.05, 0.1) is 19.3 Å². The molecule has 0 bridgehead atoms. The Morgan fingerprint density at radius 3 is 2.70 bits per heavy atom. The highest BCUT2D eigenvalue weighted by Gasteiger charge is 2.16. The minimum Gasteiger partial charge on any atom is -0.497 e. The SMILES string of the molecule is COc1ccc(-c2nnc3ccc(OCCNC(=O)c4c(C)nc5ccccn45)nn23)cc1. The van der Waals surface area contributed by atoms with Crippen LogP contribution in [0, 0.1) is 6.92 Å². The molecule has 1 N–H and O–H groups in total. The van der Waals surface area contributed by atoms with E-state index in [0.717, 1.165) is 17.0 Å². The number of rotatable bonds is 7. The first kappa shape index (κ1) is 20.4. The summed E-state index contributed by atoms with van der Waals surface area (Å²) in [4.78, 5) is 17.1. The van der Waals surface area contributed by atoms with Gasteiger partial charge >= 0.3 is 0 Å². The average Bonchev–Trinajstić information content (AvgIpc) is 3.41. The van der Waals surface area contributed by atoms with Crippen LogP contribution in [0.15, 0.2) is 60.8 Å². The third-order valence-corrected chi connectivity index (χ3v) is 5.14. The first-order chi connectivity index (χ1) is 16.1. The van der Waals surface area contributed by atoms with Crippen molar-refractivity contribution in [1.29, 1.82) is 0 Å². The third-order valence-electron chi connectivity index (χ3n) is 5.14. The van der Waals surface area contributed by atoms with Crippen molar-refractivity contribution in [2.75, 3.05) is 20.3 Å². The number of carbonyl (C=O) groups is 1. The van der Waals surface area contributed by atoms with Gasteiger partial charge in [-0.1, -0.05) is 6.07 Å². The second-order valence-electron chi connectivity index (χ2n) is 7.27. The number of aromatic nitrogens is 6. The first-order valence-corrected chi connectivity index (χ1v) is 10.4. The van der Waals surface area contributed by atoms with Gasteiger partial charge in [-0.15, -0.1) is 15.3 Å². The number of carbonyl (C=O) groups excluding carboxylic acids is 1. The molecule has 5 rings (SSSR count). The number of imidazole rings is 1. The quantitative estimate of drug-likeness (QED) is 0.385. The number of hydrogen-bond acceptors (Lipinski definition) is 7. The molecule has 0 fully saturated rings. The van der Waals surface area contributed by atoms with E-state index < -0.39 is 0 Å². The van der Waals surface area contributed by atoms with Crippen LogP contribution in [-0.2, 0) is 0 Å². The zero-order valence-corrected chi connectivity index (χ0v) is 18.1. The van der Waals surface area contributed by atoms with Gasteiger partial charge in [0.15, 0.2) is 11.5 Å². The maximum absolute atomic E-state index is 12.7. The van der Waals surface area contributed by atoms with E-state index >= 15 is 0 Å². The number of nitrogens with one attached hydrogen (secondary N) is 1. The van der Waals surface area contributed by atoms with E-state index in [4.69, 9.17) is 9.47 Å². The number of aryl methyl sites for hydroxylation is 1. The van der Waals surface area contributed by atoms with Gasteiger partial charge in [0.2, 0.25) is 5.88 Å². The van der Waals surface area contributed by atoms with E-state index in [1.165, 1.54) is 0 Å². The molecule has 0 spiro atoms. The molecule has 0 aliphatic heterocycles. The molecule has 0 saturated carbocycles. The van der Waals surface area contributed by atoms with Crippen LogP contribution in [0.25, 0.3) is 22.7 Å². The fraction of sp³-hybridized carbons (Fsp3) is 0.174. The van der Waals surface area contributed by atoms with Gasteiger partial charge in [-0.05, 0) is 49.4 Å². The van der Waals surface area contributed by atoms with E-state index in [1.807, 2.05) is 55.6 Å². The monoisotopic (exact) mass is 443 g/mol. The fourth-order valence-corrected chi connectivity index (χ4v) is 3.56. The lowest BCUT2D eigenvalue weighted by Crippen LogP contribution is -2.29. The number of ether oxygens (including phenoxy) is 2. The van der Waals surface area contributed by atoms with Gasteiger partial charge in [0.1, 0.15) is 23.7 Å². The molecule has 0 aliphatic rings. The molecular formula is C23H21N7O3. The predicted octanol–water partition coefficient (Wildman–Crippen LogP) is 2.56. The molecule has 10 nitrogen and oxygen atoms in total. The van der Waals surface area contributed by atoms with E-state index in [-0.39, 0.29) is 12.5 Å². The number of hydrogen-bond donors (Lipinski definition) is 1. The summed E-state index contributed by atoms with van der Waals surface area (Å²) in [6.07, 6.45) is 1.82. The fourth-order valence-electron chi connectivity index (χ4n) is 3.56. The second-order valence-corrected chi connectivity index (χ2v) is 7.27. The van der Waals surface area contributed by atoms with Crippen molar-refractivity contribution < 1.29 is 14.3 Å². The zero-order chi connectivity index (χ0) is 22.8. The number of fused-ring (bicyclic) bond motifs is 2. The molecule has 0 radical (unpaired) electrons. The van der Waals surface area contributed by atoms with Gasteiger partial charge in [0, 0.05) is 17.8 Å². The molecule has 33 heavy (non-hydrogen) atoms. The molecule has 4 heterocycles. The number of benzene rings is 1. The molecule has 0 saturated heterocycles. The molecule has 10 heteroatoms. The molecule has 1 amide bonds. The standard InChI is InChI=1S/C23H21N7O3/c1-15-21(29-13-4-3-5-18(29)25-15)23(31)24-12-14-33-20-11-10-19-26-27-22(30(19)28-20)16-6-8-17(32-2)9-7-16/h3-11,13H,12,14H2,1-2H3,(H,24,31). The van der Waals surface area contributed by atoms with E-state index in [0.29, 0.717) is 35.3 Å². The summed E-state index contributed by atoms with van der Waals surface area (Å²) in [5, 5.41) is 15.8. The molecule has 0 unspecified atom stereocenters. The smallest absolute Gasteiger partial charge is 0.270 e. The highest BCUT2D eigenvalue weighted by molar-refractivity contribution is 5.94. The van der Waals surface area contributed by atoms with Crippen LogP contribution >= 0.6 is 0 Å². The van der Waals surface area contributed by atoms with E-state index in [2.05, 4.69) is 25.6 Å². The Bertz CT molecular complexity index is 1440. The lowest BCUT2D eigenvalue weighted by atomic mass is 10.2. The molecule has 4 aromatic heterocycles. The van der Waals surface area contributed by atoms with Crippen molar-refractivity contribution in [2.24, 2.45) is 0 Å². The third kappa shape index (κ3) is 3.93. The lowest BCUT2D eigenvalue weighted by Gasteiger charge is -2.08. The normalized spacial score (nSPS) is 11.1. The van der Waals surface area contributed by atoms with Gasteiger partial charge in [-0.25, -0.2) is 4.98 Å². The Morgan fingerprint density at radius 1 is 1.03 bits per heavy atom.